The number of aromatic amines is 1. The molecule has 2 aliphatic heterocycles. The Kier molecular flexibility index (Phi) is 3.88. The first-order valence-electron chi connectivity index (χ1n) is 9.39. The first kappa shape index (κ1) is 15.8. The SMILES string of the molecule is O=C1COCc2c(-c3ccc(C4CCCCN4)cc3)[nH]c3cccc1c23. The maximum Gasteiger partial charge on any atom is 0.189 e. The van der Waals surface area contributed by atoms with E-state index in [0.717, 1.165) is 39.8 Å². The number of hydrogen-bond donors (Lipinski definition) is 2. The van der Waals surface area contributed by atoms with Crippen LogP contribution < -0.4 is 5.32 Å². The van der Waals surface area contributed by atoms with Crippen LogP contribution in [0, 0.1) is 0 Å². The minimum atomic E-state index is 0.0543. The molecule has 1 fully saturated rings. The van der Waals surface area contributed by atoms with Crippen LogP contribution in [0.1, 0.15) is 46.8 Å². The van der Waals surface area contributed by atoms with Crippen molar-refractivity contribution in [1.29, 1.82) is 0 Å². The van der Waals surface area contributed by atoms with Crippen LogP contribution in [0.2, 0.25) is 0 Å². The standard InChI is InChI=1S/C22H22N2O2/c25-20-13-26-12-17-21-16(20)4-3-6-19(21)24-22(17)15-9-7-14(8-10-15)18-5-1-2-11-23-18/h3-4,6-10,18,23-24H,1-2,5,11-13H2. The second kappa shape index (κ2) is 6.38. The summed E-state index contributed by atoms with van der Waals surface area (Å²) >= 11 is 0. The second-order valence-corrected chi connectivity index (χ2v) is 7.25. The number of ether oxygens (including phenoxy) is 1. The van der Waals surface area contributed by atoms with Gasteiger partial charge < -0.3 is 15.0 Å². The van der Waals surface area contributed by atoms with E-state index < -0.39 is 0 Å². The number of H-pyrrole nitrogens is 1. The molecule has 2 N–H and O–H groups in total. The zero-order valence-electron chi connectivity index (χ0n) is 14.7. The molecule has 2 aromatic carbocycles. The van der Waals surface area contributed by atoms with E-state index in [2.05, 4.69) is 34.6 Å². The van der Waals surface area contributed by atoms with Gasteiger partial charge in [-0.15, -0.1) is 0 Å². The molecule has 0 spiro atoms. The third kappa shape index (κ3) is 2.57. The highest BCUT2D eigenvalue weighted by atomic mass is 16.5. The Labute approximate surface area is 152 Å². The van der Waals surface area contributed by atoms with E-state index in [9.17, 15) is 4.79 Å². The first-order valence-corrected chi connectivity index (χ1v) is 9.39. The van der Waals surface area contributed by atoms with Crippen molar-refractivity contribution < 1.29 is 9.53 Å². The van der Waals surface area contributed by atoms with Gasteiger partial charge in [0.15, 0.2) is 5.78 Å². The minimum Gasteiger partial charge on any atom is -0.369 e. The van der Waals surface area contributed by atoms with E-state index in [1.165, 1.54) is 24.8 Å². The number of hydrogen-bond acceptors (Lipinski definition) is 3. The van der Waals surface area contributed by atoms with E-state index in [0.29, 0.717) is 12.6 Å². The summed E-state index contributed by atoms with van der Waals surface area (Å²) in [5.74, 6) is 0.0543. The Balaban J connectivity index is 1.57. The van der Waals surface area contributed by atoms with Crippen molar-refractivity contribution in [1.82, 2.24) is 10.3 Å². The predicted octanol–water partition coefficient (Wildman–Crippen LogP) is 4.36. The van der Waals surface area contributed by atoms with Crippen molar-refractivity contribution in [3.63, 3.8) is 0 Å². The third-order valence-corrected chi connectivity index (χ3v) is 5.62. The number of benzene rings is 2. The third-order valence-electron chi connectivity index (χ3n) is 5.62. The fourth-order valence-corrected chi connectivity index (χ4v) is 4.28. The number of carbonyl (C=O) groups is 1. The number of aromatic nitrogens is 1. The van der Waals surface area contributed by atoms with Crippen LogP contribution in [0.3, 0.4) is 0 Å². The summed E-state index contributed by atoms with van der Waals surface area (Å²) in [6, 6.07) is 15.1. The highest BCUT2D eigenvalue weighted by Crippen LogP contribution is 2.35. The van der Waals surface area contributed by atoms with Gasteiger partial charge in [0.1, 0.15) is 6.61 Å². The van der Waals surface area contributed by atoms with Crippen molar-refractivity contribution in [2.75, 3.05) is 13.2 Å². The van der Waals surface area contributed by atoms with Crippen molar-refractivity contribution in [3.05, 3.63) is 59.2 Å². The summed E-state index contributed by atoms with van der Waals surface area (Å²) in [7, 11) is 0. The summed E-state index contributed by atoms with van der Waals surface area (Å²) in [6.07, 6.45) is 3.77. The van der Waals surface area contributed by atoms with Crippen molar-refractivity contribution >= 4 is 16.7 Å². The smallest absolute Gasteiger partial charge is 0.189 e. The molecule has 26 heavy (non-hydrogen) atoms. The topological polar surface area (TPSA) is 54.1 Å². The molecule has 0 amide bonds. The Bertz CT molecular complexity index is 966. The maximum atomic E-state index is 12.3. The zero-order chi connectivity index (χ0) is 17.5. The van der Waals surface area contributed by atoms with Crippen LogP contribution in [-0.4, -0.2) is 23.9 Å². The van der Waals surface area contributed by atoms with Gasteiger partial charge in [-0.05, 0) is 36.6 Å². The summed E-state index contributed by atoms with van der Waals surface area (Å²) in [5, 5.41) is 4.62. The zero-order valence-corrected chi connectivity index (χ0v) is 14.7. The largest absolute Gasteiger partial charge is 0.369 e. The minimum absolute atomic E-state index is 0.0543. The van der Waals surface area contributed by atoms with Gasteiger partial charge in [-0.2, -0.15) is 0 Å². The molecule has 5 rings (SSSR count). The number of nitrogens with one attached hydrogen (secondary N) is 2. The molecule has 0 bridgehead atoms. The van der Waals surface area contributed by atoms with Crippen LogP contribution in [0.25, 0.3) is 22.2 Å². The first-order chi connectivity index (χ1) is 12.8. The summed E-state index contributed by atoms with van der Waals surface area (Å²) in [4.78, 5) is 15.8. The molecule has 3 heterocycles. The van der Waals surface area contributed by atoms with Crippen LogP contribution >= 0.6 is 0 Å². The van der Waals surface area contributed by atoms with Gasteiger partial charge in [0.05, 0.1) is 12.3 Å². The number of ketones is 1. The molecule has 1 unspecified atom stereocenters. The van der Waals surface area contributed by atoms with Gasteiger partial charge >= 0.3 is 0 Å². The predicted molar refractivity (Wildman–Crippen MR) is 102 cm³/mol. The van der Waals surface area contributed by atoms with Gasteiger partial charge in [-0.1, -0.05) is 42.8 Å². The Hall–Kier alpha value is -2.43. The number of Topliss-reactive ketones (excluding diaryl/α,β-unsaturated/α-hetero) is 1. The normalized spacial score (nSPS) is 20.3. The summed E-state index contributed by atoms with van der Waals surface area (Å²) in [5.41, 5.74) is 6.40. The second-order valence-electron chi connectivity index (χ2n) is 7.25. The lowest BCUT2D eigenvalue weighted by molar-refractivity contribution is 0.0742. The van der Waals surface area contributed by atoms with Crippen LogP contribution in [0.15, 0.2) is 42.5 Å². The molecular formula is C22H22N2O2. The van der Waals surface area contributed by atoms with E-state index in [-0.39, 0.29) is 12.4 Å². The maximum absolute atomic E-state index is 12.3. The van der Waals surface area contributed by atoms with Gasteiger partial charge in [-0.25, -0.2) is 0 Å². The molecular weight excluding hydrogens is 324 g/mol. The lowest BCUT2D eigenvalue weighted by Crippen LogP contribution is -2.26. The molecule has 0 radical (unpaired) electrons. The van der Waals surface area contributed by atoms with Crippen LogP contribution in [0.4, 0.5) is 0 Å². The molecule has 1 aromatic heterocycles. The molecule has 0 aliphatic carbocycles. The molecule has 4 nitrogen and oxygen atoms in total. The van der Waals surface area contributed by atoms with Crippen molar-refractivity contribution in [2.24, 2.45) is 0 Å². The molecule has 0 saturated carbocycles. The highest BCUT2D eigenvalue weighted by Gasteiger charge is 2.23. The lowest BCUT2D eigenvalue weighted by atomic mass is 9.95. The lowest BCUT2D eigenvalue weighted by Gasteiger charge is -2.24. The Morgan fingerprint density at radius 3 is 2.69 bits per heavy atom. The van der Waals surface area contributed by atoms with Gasteiger partial charge in [-0.3, -0.25) is 4.79 Å². The molecule has 4 heteroatoms. The molecule has 2 aliphatic rings. The Morgan fingerprint density at radius 1 is 1.00 bits per heavy atom. The highest BCUT2D eigenvalue weighted by molar-refractivity contribution is 6.11. The number of carbonyl (C=O) groups excluding carboxylic acids is 1. The molecule has 3 aromatic rings. The van der Waals surface area contributed by atoms with E-state index in [1.807, 2.05) is 18.2 Å². The average Bonchev–Trinajstić information content (AvgIpc) is 2.98. The number of piperidine rings is 1. The monoisotopic (exact) mass is 346 g/mol. The summed E-state index contributed by atoms with van der Waals surface area (Å²) < 4.78 is 5.64. The van der Waals surface area contributed by atoms with Gasteiger partial charge in [0.25, 0.3) is 0 Å². The molecule has 1 saturated heterocycles. The Morgan fingerprint density at radius 2 is 1.88 bits per heavy atom. The van der Waals surface area contributed by atoms with Crippen molar-refractivity contribution in [2.45, 2.75) is 31.9 Å². The quantitative estimate of drug-likeness (QED) is 0.725. The van der Waals surface area contributed by atoms with Crippen LogP contribution in [0.5, 0.6) is 0 Å². The van der Waals surface area contributed by atoms with Gasteiger partial charge in [0, 0.05) is 28.1 Å². The van der Waals surface area contributed by atoms with Crippen LogP contribution in [-0.2, 0) is 11.3 Å². The molecule has 132 valence electrons. The summed E-state index contributed by atoms with van der Waals surface area (Å²) in [6.45, 7) is 1.72. The van der Waals surface area contributed by atoms with E-state index >= 15 is 0 Å². The van der Waals surface area contributed by atoms with E-state index in [1.54, 1.807) is 0 Å². The number of rotatable bonds is 2. The van der Waals surface area contributed by atoms with E-state index in [4.69, 9.17) is 4.74 Å². The van der Waals surface area contributed by atoms with Crippen molar-refractivity contribution in [3.8, 4) is 11.3 Å². The fraction of sp³-hybridized carbons (Fsp3) is 0.318. The average molecular weight is 346 g/mol. The van der Waals surface area contributed by atoms with Gasteiger partial charge in [0.2, 0.25) is 0 Å². The fourth-order valence-electron chi connectivity index (χ4n) is 4.28. The molecule has 1 atom stereocenters.